The highest BCUT2D eigenvalue weighted by atomic mass is 32.2. The summed E-state index contributed by atoms with van der Waals surface area (Å²) in [7, 11) is -3.82. The van der Waals surface area contributed by atoms with Crippen LogP contribution in [0, 0.1) is 6.92 Å². The van der Waals surface area contributed by atoms with Gasteiger partial charge < -0.3 is 4.74 Å². The number of benzene rings is 2. The van der Waals surface area contributed by atoms with Gasteiger partial charge in [0.2, 0.25) is 0 Å². The molecule has 0 spiro atoms. The van der Waals surface area contributed by atoms with Crippen LogP contribution >= 0.6 is 11.8 Å². The summed E-state index contributed by atoms with van der Waals surface area (Å²) in [5, 5.41) is 0. The van der Waals surface area contributed by atoms with Crippen LogP contribution in [0.2, 0.25) is 0 Å². The first-order valence-corrected chi connectivity index (χ1v) is 11.1. The number of rotatable bonds is 8. The number of thioether (sulfide) groups is 1. The number of hydrogen-bond donors (Lipinski definition) is 0. The fraction of sp³-hybridized carbons (Fsp3) is 0.250. The van der Waals surface area contributed by atoms with Gasteiger partial charge in [-0.25, -0.2) is 13.2 Å². The molecular weight excluding hydrogens is 382 g/mol. The highest BCUT2D eigenvalue weighted by Crippen LogP contribution is 2.29. The number of anilines is 1. The number of nitrogens with zero attached hydrogens (tertiary/aromatic N) is 1. The largest absolute Gasteiger partial charge is 0.462 e. The third-order valence-corrected chi connectivity index (χ3v) is 6.47. The van der Waals surface area contributed by atoms with Crippen LogP contribution in [0.4, 0.5) is 5.69 Å². The van der Waals surface area contributed by atoms with Crippen molar-refractivity contribution < 1.29 is 17.9 Å². The molecule has 5 nitrogen and oxygen atoms in total. The molecule has 0 atom stereocenters. The van der Waals surface area contributed by atoms with Crippen molar-refractivity contribution in [2.75, 3.05) is 23.7 Å². The number of aryl methyl sites for hydroxylation is 1. The van der Waals surface area contributed by atoms with Gasteiger partial charge >= 0.3 is 5.97 Å². The van der Waals surface area contributed by atoms with Crippen LogP contribution in [-0.4, -0.2) is 33.8 Å². The minimum atomic E-state index is -3.82. The average molecular weight is 406 g/mol. The zero-order valence-corrected chi connectivity index (χ0v) is 17.3. The Balaban J connectivity index is 2.54. The molecule has 0 heterocycles. The molecule has 0 aliphatic rings. The summed E-state index contributed by atoms with van der Waals surface area (Å²) in [6.45, 7) is 7.53. The molecule has 2 aromatic carbocycles. The molecule has 2 aromatic rings. The molecule has 0 saturated heterocycles. The molecule has 0 bridgehead atoms. The van der Waals surface area contributed by atoms with Gasteiger partial charge in [0.05, 0.1) is 29.3 Å². The lowest BCUT2D eigenvalue weighted by atomic mass is 10.1. The van der Waals surface area contributed by atoms with Crippen molar-refractivity contribution in [3.05, 3.63) is 66.2 Å². The smallest absolute Gasteiger partial charge is 0.338 e. The van der Waals surface area contributed by atoms with Gasteiger partial charge in [-0.3, -0.25) is 4.31 Å². The van der Waals surface area contributed by atoms with E-state index in [9.17, 15) is 13.2 Å². The number of carbonyl (C=O) groups excluding carboxylic acids is 1. The second kappa shape index (κ2) is 9.10. The van der Waals surface area contributed by atoms with Crippen LogP contribution in [0.3, 0.4) is 0 Å². The lowest BCUT2D eigenvalue weighted by Crippen LogP contribution is -2.32. The first-order chi connectivity index (χ1) is 12.8. The SMILES string of the molecule is C=CCN(c1cc(C(=O)OCC)ccc1C)S(=O)(=O)c1ccc(SC)cc1. The number of carbonyl (C=O) groups is 1. The maximum atomic E-state index is 13.2. The van der Waals surface area contributed by atoms with Crippen molar-refractivity contribution in [2.45, 2.75) is 23.6 Å². The minimum Gasteiger partial charge on any atom is -0.462 e. The number of sulfonamides is 1. The van der Waals surface area contributed by atoms with Crippen molar-refractivity contribution in [1.82, 2.24) is 0 Å². The third-order valence-electron chi connectivity index (χ3n) is 3.93. The molecule has 0 radical (unpaired) electrons. The van der Waals surface area contributed by atoms with E-state index in [-0.39, 0.29) is 18.0 Å². The maximum Gasteiger partial charge on any atom is 0.338 e. The van der Waals surface area contributed by atoms with Gasteiger partial charge in [0, 0.05) is 4.90 Å². The lowest BCUT2D eigenvalue weighted by molar-refractivity contribution is 0.0526. The molecule has 0 aromatic heterocycles. The van der Waals surface area contributed by atoms with E-state index in [2.05, 4.69) is 6.58 Å². The predicted octanol–water partition coefficient (Wildman–Crippen LogP) is 4.27. The Morgan fingerprint density at radius 1 is 1.22 bits per heavy atom. The fourth-order valence-corrected chi connectivity index (χ4v) is 4.44. The van der Waals surface area contributed by atoms with E-state index in [1.54, 1.807) is 56.3 Å². The quantitative estimate of drug-likeness (QED) is 0.373. The first-order valence-electron chi connectivity index (χ1n) is 8.40. The van der Waals surface area contributed by atoms with Gasteiger partial charge in [-0.1, -0.05) is 12.1 Å². The molecule has 0 saturated carbocycles. The highest BCUT2D eigenvalue weighted by Gasteiger charge is 2.26. The van der Waals surface area contributed by atoms with Gasteiger partial charge in [-0.2, -0.15) is 0 Å². The zero-order valence-electron chi connectivity index (χ0n) is 15.6. The highest BCUT2D eigenvalue weighted by molar-refractivity contribution is 7.98. The molecule has 0 amide bonds. The van der Waals surface area contributed by atoms with E-state index >= 15 is 0 Å². The van der Waals surface area contributed by atoms with E-state index < -0.39 is 16.0 Å². The Kier molecular flexibility index (Phi) is 7.10. The Hall–Kier alpha value is -2.25. The predicted molar refractivity (Wildman–Crippen MR) is 110 cm³/mol. The molecule has 0 aliphatic carbocycles. The van der Waals surface area contributed by atoms with Crippen LogP contribution in [0.5, 0.6) is 0 Å². The van der Waals surface area contributed by atoms with E-state index in [4.69, 9.17) is 4.74 Å². The standard InChI is InChI=1S/C20H23NO4S2/c1-5-13-21(27(23,24)18-11-9-17(26-4)10-12-18)19-14-16(8-7-15(19)3)20(22)25-6-2/h5,7-12,14H,1,6,13H2,2-4H3. The van der Waals surface area contributed by atoms with Gasteiger partial charge in [0.25, 0.3) is 10.0 Å². The van der Waals surface area contributed by atoms with Crippen LogP contribution < -0.4 is 4.31 Å². The summed E-state index contributed by atoms with van der Waals surface area (Å²) in [5.74, 6) is -0.487. The second-order valence-corrected chi connectivity index (χ2v) is 8.46. The van der Waals surface area contributed by atoms with Crippen molar-refractivity contribution in [2.24, 2.45) is 0 Å². The number of hydrogen-bond acceptors (Lipinski definition) is 5. The Morgan fingerprint density at radius 3 is 2.44 bits per heavy atom. The summed E-state index contributed by atoms with van der Waals surface area (Å²) in [6.07, 6.45) is 3.45. The minimum absolute atomic E-state index is 0.0831. The fourth-order valence-electron chi connectivity index (χ4n) is 2.54. The molecule has 2 rings (SSSR count). The molecule has 0 fully saturated rings. The van der Waals surface area contributed by atoms with Crippen molar-refractivity contribution in [1.29, 1.82) is 0 Å². The molecule has 0 unspecified atom stereocenters. The average Bonchev–Trinajstić information content (AvgIpc) is 2.67. The first kappa shape index (κ1) is 21.1. The van der Waals surface area contributed by atoms with Crippen LogP contribution in [-0.2, 0) is 14.8 Å². The molecule has 0 aliphatic heterocycles. The van der Waals surface area contributed by atoms with E-state index in [0.717, 1.165) is 10.5 Å². The zero-order chi connectivity index (χ0) is 20.0. The van der Waals surface area contributed by atoms with E-state index in [1.807, 2.05) is 6.26 Å². The van der Waals surface area contributed by atoms with Crippen LogP contribution in [0.15, 0.2) is 64.9 Å². The Morgan fingerprint density at radius 2 is 1.89 bits per heavy atom. The summed E-state index contributed by atoms with van der Waals surface area (Å²) >= 11 is 1.54. The van der Waals surface area contributed by atoms with Crippen molar-refractivity contribution in [3.8, 4) is 0 Å². The van der Waals surface area contributed by atoms with Gasteiger partial charge in [-0.15, -0.1) is 18.3 Å². The third kappa shape index (κ3) is 4.73. The van der Waals surface area contributed by atoms with E-state index in [1.165, 1.54) is 22.1 Å². The Bertz CT molecular complexity index is 921. The summed E-state index contributed by atoms with van der Waals surface area (Å²) < 4.78 is 32.8. The van der Waals surface area contributed by atoms with Gasteiger partial charge in [0.15, 0.2) is 0 Å². The molecule has 0 N–H and O–H groups in total. The normalized spacial score (nSPS) is 11.1. The topological polar surface area (TPSA) is 63.7 Å². The Labute approximate surface area is 165 Å². The molecule has 7 heteroatoms. The second-order valence-electron chi connectivity index (χ2n) is 5.72. The lowest BCUT2D eigenvalue weighted by Gasteiger charge is -2.25. The monoisotopic (exact) mass is 405 g/mol. The van der Waals surface area contributed by atoms with Gasteiger partial charge in [-0.05, 0) is 62.1 Å². The maximum absolute atomic E-state index is 13.2. The molecule has 144 valence electrons. The summed E-state index contributed by atoms with van der Waals surface area (Å²) in [5.41, 5.74) is 1.46. The van der Waals surface area contributed by atoms with Crippen LogP contribution in [0.25, 0.3) is 0 Å². The van der Waals surface area contributed by atoms with Crippen molar-refractivity contribution in [3.63, 3.8) is 0 Å². The summed E-state index contributed by atoms with van der Waals surface area (Å²) in [4.78, 5) is 13.2. The summed E-state index contributed by atoms with van der Waals surface area (Å²) in [6, 6.07) is 11.6. The van der Waals surface area contributed by atoms with Crippen molar-refractivity contribution >= 4 is 33.4 Å². The number of esters is 1. The number of ether oxygens (including phenoxy) is 1. The van der Waals surface area contributed by atoms with Gasteiger partial charge in [0.1, 0.15) is 0 Å². The van der Waals surface area contributed by atoms with E-state index in [0.29, 0.717) is 11.3 Å². The molecule has 27 heavy (non-hydrogen) atoms. The van der Waals surface area contributed by atoms with Crippen LogP contribution in [0.1, 0.15) is 22.8 Å². The molecular formula is C20H23NO4S2.